The van der Waals surface area contributed by atoms with E-state index in [-0.39, 0.29) is 34.6 Å². The summed E-state index contributed by atoms with van der Waals surface area (Å²) < 4.78 is 24.8. The van der Waals surface area contributed by atoms with Crippen LogP contribution in [0.5, 0.6) is 0 Å². The lowest BCUT2D eigenvalue weighted by Gasteiger charge is -2.32. The van der Waals surface area contributed by atoms with Gasteiger partial charge in [0.1, 0.15) is 16.7 Å². The molecule has 1 aliphatic heterocycles. The van der Waals surface area contributed by atoms with E-state index in [4.69, 9.17) is 16.2 Å². The van der Waals surface area contributed by atoms with Crippen LogP contribution in [-0.2, 0) is 9.53 Å². The summed E-state index contributed by atoms with van der Waals surface area (Å²) in [4.78, 5) is 42.3. The number of aromatic nitrogens is 1. The van der Waals surface area contributed by atoms with E-state index >= 15 is 4.39 Å². The summed E-state index contributed by atoms with van der Waals surface area (Å²) in [6.45, 7) is 0.849. The van der Waals surface area contributed by atoms with Gasteiger partial charge in [-0.15, -0.1) is 0 Å². The molecule has 0 aliphatic carbocycles. The van der Waals surface area contributed by atoms with Crippen LogP contribution in [0.4, 0.5) is 21.5 Å². The lowest BCUT2D eigenvalue weighted by atomic mass is 10.0. The topological polar surface area (TPSA) is 144 Å². The van der Waals surface area contributed by atoms with E-state index in [1.165, 1.54) is 18.2 Å². The third kappa shape index (κ3) is 5.60. The Hall–Kier alpha value is -4.03. The summed E-state index contributed by atoms with van der Waals surface area (Å²) in [5.74, 6) is -2.96. The van der Waals surface area contributed by atoms with E-state index in [9.17, 15) is 14.4 Å². The molecule has 4 rings (SSSR count). The highest BCUT2D eigenvalue weighted by atomic mass is 32.1. The quantitative estimate of drug-likeness (QED) is 0.379. The number of hydrogen-bond acceptors (Lipinski definition) is 8. The number of carbonyl (C=O) groups is 3. The van der Waals surface area contributed by atoms with E-state index in [2.05, 4.69) is 9.69 Å². The fourth-order valence-electron chi connectivity index (χ4n) is 4.24. The molecular formula is C26H29FN6O4S. The third-order valence-corrected chi connectivity index (χ3v) is 7.10. The molecule has 200 valence electrons. The van der Waals surface area contributed by atoms with Crippen LogP contribution in [0.2, 0.25) is 0 Å². The van der Waals surface area contributed by atoms with Gasteiger partial charge in [0.2, 0.25) is 5.91 Å². The number of benzene rings is 2. The van der Waals surface area contributed by atoms with Gasteiger partial charge in [0, 0.05) is 32.9 Å². The zero-order valence-electron chi connectivity index (χ0n) is 21.0. The van der Waals surface area contributed by atoms with Crippen molar-refractivity contribution in [1.82, 2.24) is 9.69 Å². The molecule has 1 fully saturated rings. The first-order chi connectivity index (χ1) is 18.2. The molecule has 2 aromatic carbocycles. The number of hydrogen-bond donors (Lipinski definition) is 3. The van der Waals surface area contributed by atoms with E-state index in [0.29, 0.717) is 23.7 Å². The third-order valence-electron chi connectivity index (χ3n) is 6.25. The zero-order valence-corrected chi connectivity index (χ0v) is 21.8. The molecule has 0 spiro atoms. The number of nitrogen functional groups attached to an aromatic ring is 1. The minimum absolute atomic E-state index is 0.135. The second-order valence-electron chi connectivity index (χ2n) is 9.03. The monoisotopic (exact) mass is 540 g/mol. The SMILES string of the molecule is CN(C)c1ccc([C@H](C(=O)NC[C@H]2CCCO2)N(C(=O)c2snc(C(N)=O)c2N)c2ccccc2F)cc1. The van der Waals surface area contributed by atoms with Gasteiger partial charge in [-0.25, -0.2) is 4.39 Å². The van der Waals surface area contributed by atoms with Crippen molar-refractivity contribution in [2.75, 3.05) is 42.8 Å². The van der Waals surface area contributed by atoms with Crippen LogP contribution in [0.3, 0.4) is 0 Å². The van der Waals surface area contributed by atoms with E-state index < -0.39 is 29.6 Å². The van der Waals surface area contributed by atoms with Crippen LogP contribution in [0.25, 0.3) is 0 Å². The average molecular weight is 541 g/mol. The smallest absolute Gasteiger partial charge is 0.273 e. The number of nitrogens with one attached hydrogen (secondary N) is 1. The number of carbonyl (C=O) groups excluding carboxylic acids is 3. The Bertz CT molecular complexity index is 1320. The lowest BCUT2D eigenvalue weighted by Crippen LogP contribution is -2.46. The maximum Gasteiger partial charge on any atom is 0.273 e. The van der Waals surface area contributed by atoms with Crippen LogP contribution < -0.4 is 26.6 Å². The molecule has 1 aliphatic rings. The summed E-state index contributed by atoms with van der Waals surface area (Å²) in [5, 5.41) is 2.87. The average Bonchev–Trinajstić information content (AvgIpc) is 3.56. The molecule has 10 nitrogen and oxygen atoms in total. The van der Waals surface area contributed by atoms with Crippen LogP contribution in [-0.4, -0.2) is 55.4 Å². The van der Waals surface area contributed by atoms with Crippen LogP contribution >= 0.6 is 11.5 Å². The van der Waals surface area contributed by atoms with Gasteiger partial charge in [-0.3, -0.25) is 19.3 Å². The Kier molecular flexibility index (Phi) is 8.23. The molecule has 2 atom stereocenters. The molecule has 38 heavy (non-hydrogen) atoms. The van der Waals surface area contributed by atoms with Crippen molar-refractivity contribution in [3.63, 3.8) is 0 Å². The summed E-state index contributed by atoms with van der Waals surface area (Å²) in [5.41, 5.74) is 12.1. The number of para-hydroxylation sites is 1. The normalized spacial score (nSPS) is 15.6. The molecule has 0 saturated carbocycles. The minimum atomic E-state index is -1.28. The highest BCUT2D eigenvalue weighted by Gasteiger charge is 2.37. The Balaban J connectivity index is 1.83. The van der Waals surface area contributed by atoms with Gasteiger partial charge in [-0.2, -0.15) is 4.37 Å². The minimum Gasteiger partial charge on any atom is -0.395 e. The van der Waals surface area contributed by atoms with Gasteiger partial charge in [-0.1, -0.05) is 24.3 Å². The Morgan fingerprint density at radius 2 is 1.89 bits per heavy atom. The second-order valence-corrected chi connectivity index (χ2v) is 9.81. The van der Waals surface area contributed by atoms with Crippen molar-refractivity contribution in [1.29, 1.82) is 0 Å². The predicted molar refractivity (Wildman–Crippen MR) is 144 cm³/mol. The fraction of sp³-hybridized carbons (Fsp3) is 0.308. The maximum absolute atomic E-state index is 15.2. The molecule has 0 radical (unpaired) electrons. The predicted octanol–water partition coefficient (Wildman–Crippen LogP) is 2.71. The number of rotatable bonds is 9. The zero-order chi connectivity index (χ0) is 27.4. The van der Waals surface area contributed by atoms with E-state index in [0.717, 1.165) is 23.4 Å². The van der Waals surface area contributed by atoms with Crippen molar-refractivity contribution >= 4 is 46.3 Å². The number of nitrogens with zero attached hydrogens (tertiary/aromatic N) is 3. The fourth-order valence-corrected chi connectivity index (χ4v) is 4.98. The van der Waals surface area contributed by atoms with E-state index in [1.807, 2.05) is 19.0 Å². The summed E-state index contributed by atoms with van der Waals surface area (Å²) >= 11 is 0.658. The van der Waals surface area contributed by atoms with Crippen molar-refractivity contribution in [2.24, 2.45) is 5.73 Å². The van der Waals surface area contributed by atoms with Crippen molar-refractivity contribution < 1.29 is 23.5 Å². The Morgan fingerprint density at radius 3 is 2.47 bits per heavy atom. The molecule has 0 bridgehead atoms. The van der Waals surface area contributed by atoms with Crippen molar-refractivity contribution in [3.05, 3.63) is 70.5 Å². The van der Waals surface area contributed by atoms with Crippen LogP contribution in [0, 0.1) is 5.82 Å². The number of ether oxygens (including phenoxy) is 1. The van der Waals surface area contributed by atoms with Gasteiger partial charge >= 0.3 is 0 Å². The molecule has 2 heterocycles. The Labute approximate surface area is 223 Å². The molecule has 1 saturated heterocycles. The first-order valence-corrected chi connectivity index (χ1v) is 12.8. The highest BCUT2D eigenvalue weighted by molar-refractivity contribution is 7.09. The summed E-state index contributed by atoms with van der Waals surface area (Å²) in [6.07, 6.45) is 1.54. The summed E-state index contributed by atoms with van der Waals surface area (Å²) in [6, 6.07) is 11.3. The first kappa shape index (κ1) is 27.0. The highest BCUT2D eigenvalue weighted by Crippen LogP contribution is 2.35. The van der Waals surface area contributed by atoms with Crippen molar-refractivity contribution in [3.8, 4) is 0 Å². The van der Waals surface area contributed by atoms with Crippen molar-refractivity contribution in [2.45, 2.75) is 25.0 Å². The standard InChI is InChI=1S/C26H29FN6O4S/c1-32(2)16-11-9-15(10-12-16)22(25(35)30-14-17-6-5-13-37-17)33(19-8-4-3-7-18(19)27)26(36)23-20(28)21(24(29)34)31-38-23/h3-4,7-12,17,22H,5-6,13-14,28H2,1-2H3,(H2,29,34)(H,30,35)/t17-,22-/m1/s1. The lowest BCUT2D eigenvalue weighted by molar-refractivity contribution is -0.123. The number of nitrogens with two attached hydrogens (primary N) is 2. The number of amides is 3. The largest absolute Gasteiger partial charge is 0.395 e. The summed E-state index contributed by atoms with van der Waals surface area (Å²) in [7, 11) is 3.75. The molecule has 12 heteroatoms. The molecule has 5 N–H and O–H groups in total. The number of anilines is 3. The molecular weight excluding hydrogens is 511 g/mol. The number of primary amides is 1. The van der Waals surface area contributed by atoms with Gasteiger partial charge in [0.15, 0.2) is 5.69 Å². The molecule has 3 aromatic rings. The number of halogens is 1. The van der Waals surface area contributed by atoms with E-state index in [1.54, 1.807) is 30.3 Å². The molecule has 3 amide bonds. The molecule has 1 aromatic heterocycles. The first-order valence-electron chi connectivity index (χ1n) is 12.0. The van der Waals surface area contributed by atoms with Crippen LogP contribution in [0.1, 0.15) is 44.6 Å². The second kappa shape index (κ2) is 11.6. The van der Waals surface area contributed by atoms with Gasteiger partial charge in [-0.05, 0) is 54.2 Å². The van der Waals surface area contributed by atoms with Gasteiger partial charge in [0.25, 0.3) is 11.8 Å². The van der Waals surface area contributed by atoms with Gasteiger partial charge < -0.3 is 26.4 Å². The van der Waals surface area contributed by atoms with Crippen LogP contribution in [0.15, 0.2) is 48.5 Å². The Morgan fingerprint density at radius 1 is 1.18 bits per heavy atom. The van der Waals surface area contributed by atoms with Gasteiger partial charge in [0.05, 0.1) is 17.5 Å². The maximum atomic E-state index is 15.2. The molecule has 0 unspecified atom stereocenters.